The van der Waals surface area contributed by atoms with Gasteiger partial charge in [-0.25, -0.2) is 4.79 Å². The maximum atomic E-state index is 13.7. The molecule has 3 amide bonds. The van der Waals surface area contributed by atoms with Gasteiger partial charge < -0.3 is 9.88 Å². The monoisotopic (exact) mass is 415 g/mol. The van der Waals surface area contributed by atoms with E-state index in [4.69, 9.17) is 0 Å². The second-order valence-electron chi connectivity index (χ2n) is 7.76. The molecule has 0 spiro atoms. The third-order valence-corrected chi connectivity index (χ3v) is 6.01. The Labute approximate surface area is 181 Å². The van der Waals surface area contributed by atoms with Crippen LogP contribution in [0.1, 0.15) is 39.8 Å². The molecule has 0 aliphatic carbocycles. The van der Waals surface area contributed by atoms with Gasteiger partial charge in [0, 0.05) is 23.5 Å². The Morgan fingerprint density at radius 2 is 1.48 bits per heavy atom. The summed E-state index contributed by atoms with van der Waals surface area (Å²) in [4.78, 5) is 40.8. The number of aryl methyl sites for hydroxylation is 1. The van der Waals surface area contributed by atoms with Gasteiger partial charge in [0.05, 0.1) is 6.54 Å². The van der Waals surface area contributed by atoms with Crippen LogP contribution in [0.15, 0.2) is 66.7 Å². The summed E-state index contributed by atoms with van der Waals surface area (Å²) >= 11 is 0. The van der Waals surface area contributed by atoms with Crippen molar-refractivity contribution in [2.45, 2.75) is 32.9 Å². The van der Waals surface area contributed by atoms with E-state index in [1.807, 2.05) is 92.1 Å². The molecule has 6 nitrogen and oxygen atoms in total. The van der Waals surface area contributed by atoms with Gasteiger partial charge in [0.15, 0.2) is 11.3 Å². The highest BCUT2D eigenvalue weighted by Gasteiger charge is 2.54. The number of amides is 3. The van der Waals surface area contributed by atoms with Crippen LogP contribution >= 0.6 is 0 Å². The molecule has 0 saturated carbocycles. The molecule has 1 aliphatic rings. The molecule has 0 unspecified atom stereocenters. The van der Waals surface area contributed by atoms with Gasteiger partial charge in [-0.3, -0.25) is 14.5 Å². The lowest BCUT2D eigenvalue weighted by Gasteiger charge is -2.28. The third kappa shape index (κ3) is 3.24. The number of carbonyl (C=O) groups is 3. The average Bonchev–Trinajstić information content (AvgIpc) is 3.22. The Hall–Kier alpha value is -3.67. The fourth-order valence-electron chi connectivity index (χ4n) is 4.45. The lowest BCUT2D eigenvalue weighted by Crippen LogP contribution is -2.45. The minimum Gasteiger partial charge on any atom is -0.349 e. The topological polar surface area (TPSA) is 71.4 Å². The SMILES string of the molecule is CCn1c(C)cc(C(=O)CN2C(=O)NC(c3ccccc3)(c3ccccc3)C2=O)c1C. The van der Waals surface area contributed by atoms with Gasteiger partial charge in [-0.2, -0.15) is 0 Å². The van der Waals surface area contributed by atoms with E-state index in [1.54, 1.807) is 0 Å². The third-order valence-electron chi connectivity index (χ3n) is 6.01. The molecule has 1 aromatic heterocycles. The first kappa shape index (κ1) is 20.6. The Bertz CT molecular complexity index is 1110. The molecule has 0 atom stereocenters. The Balaban J connectivity index is 1.73. The standard InChI is InChI=1S/C25H25N3O3/c1-4-27-17(2)15-21(18(27)3)22(29)16-28-23(30)25(26-24(28)31,19-11-7-5-8-12-19)20-13-9-6-10-14-20/h5-15H,4,16H2,1-3H3,(H,26,31). The van der Waals surface area contributed by atoms with Gasteiger partial charge in [-0.1, -0.05) is 60.7 Å². The first-order chi connectivity index (χ1) is 14.9. The van der Waals surface area contributed by atoms with Crippen molar-refractivity contribution in [2.24, 2.45) is 0 Å². The van der Waals surface area contributed by atoms with Crippen molar-refractivity contribution >= 4 is 17.7 Å². The minimum atomic E-state index is -1.36. The molecule has 1 N–H and O–H groups in total. The summed E-state index contributed by atoms with van der Waals surface area (Å²) in [6.07, 6.45) is 0. The van der Waals surface area contributed by atoms with Crippen LogP contribution in [-0.2, 0) is 16.9 Å². The summed E-state index contributed by atoms with van der Waals surface area (Å²) in [6.45, 7) is 6.28. The zero-order chi connectivity index (χ0) is 22.2. The van der Waals surface area contributed by atoms with Crippen LogP contribution in [0.3, 0.4) is 0 Å². The summed E-state index contributed by atoms with van der Waals surface area (Å²) in [7, 11) is 0. The lowest BCUT2D eigenvalue weighted by atomic mass is 9.82. The highest BCUT2D eigenvalue weighted by atomic mass is 16.2. The van der Waals surface area contributed by atoms with E-state index in [2.05, 4.69) is 5.32 Å². The number of ketones is 1. The number of nitrogens with zero attached hydrogens (tertiary/aromatic N) is 2. The summed E-state index contributed by atoms with van der Waals surface area (Å²) in [6, 6.07) is 19.5. The van der Waals surface area contributed by atoms with Crippen LogP contribution in [0.25, 0.3) is 0 Å². The van der Waals surface area contributed by atoms with E-state index >= 15 is 0 Å². The van der Waals surface area contributed by atoms with Gasteiger partial charge in [0.1, 0.15) is 0 Å². The minimum absolute atomic E-state index is 0.256. The quantitative estimate of drug-likeness (QED) is 0.492. The smallest absolute Gasteiger partial charge is 0.325 e. The van der Waals surface area contributed by atoms with Crippen LogP contribution in [0.2, 0.25) is 0 Å². The normalized spacial score (nSPS) is 15.3. The number of aromatic nitrogens is 1. The van der Waals surface area contributed by atoms with Gasteiger partial charge in [-0.15, -0.1) is 0 Å². The largest absolute Gasteiger partial charge is 0.349 e. The van der Waals surface area contributed by atoms with E-state index in [0.29, 0.717) is 16.7 Å². The summed E-state index contributed by atoms with van der Waals surface area (Å²) in [5, 5.41) is 2.88. The fourth-order valence-corrected chi connectivity index (χ4v) is 4.45. The number of imide groups is 1. The Morgan fingerprint density at radius 1 is 0.935 bits per heavy atom. The molecule has 1 fully saturated rings. The number of Topliss-reactive ketones (excluding diaryl/α,β-unsaturated/α-hetero) is 1. The molecule has 0 radical (unpaired) electrons. The number of nitrogens with one attached hydrogen (secondary N) is 1. The average molecular weight is 415 g/mol. The van der Waals surface area contributed by atoms with Crippen LogP contribution < -0.4 is 5.32 Å². The number of rotatable bonds is 6. The number of benzene rings is 2. The fraction of sp³-hybridized carbons (Fsp3) is 0.240. The highest BCUT2D eigenvalue weighted by molar-refractivity contribution is 6.13. The van der Waals surface area contributed by atoms with Crippen molar-refractivity contribution in [1.82, 2.24) is 14.8 Å². The first-order valence-electron chi connectivity index (χ1n) is 10.3. The summed E-state index contributed by atoms with van der Waals surface area (Å²) < 4.78 is 2.04. The van der Waals surface area contributed by atoms with E-state index in [0.717, 1.165) is 22.8 Å². The van der Waals surface area contributed by atoms with E-state index in [-0.39, 0.29) is 12.3 Å². The molecule has 6 heteroatoms. The summed E-state index contributed by atoms with van der Waals surface area (Å²) in [5.41, 5.74) is 2.30. The maximum absolute atomic E-state index is 13.7. The van der Waals surface area contributed by atoms with Gasteiger partial charge in [0.25, 0.3) is 5.91 Å². The molecule has 1 aliphatic heterocycles. The van der Waals surface area contributed by atoms with E-state index < -0.39 is 17.5 Å². The summed E-state index contributed by atoms with van der Waals surface area (Å²) in [5.74, 6) is -0.708. The Kier molecular flexibility index (Phi) is 5.23. The van der Waals surface area contributed by atoms with Crippen LogP contribution in [0.4, 0.5) is 4.79 Å². The second kappa shape index (κ2) is 7.87. The zero-order valence-corrected chi connectivity index (χ0v) is 17.9. The van der Waals surface area contributed by atoms with Gasteiger partial charge >= 0.3 is 6.03 Å². The number of urea groups is 1. The van der Waals surface area contributed by atoms with Crippen LogP contribution in [-0.4, -0.2) is 33.7 Å². The molecule has 2 heterocycles. The zero-order valence-electron chi connectivity index (χ0n) is 17.9. The predicted molar refractivity (Wildman–Crippen MR) is 118 cm³/mol. The highest BCUT2D eigenvalue weighted by Crippen LogP contribution is 2.36. The molecular formula is C25H25N3O3. The lowest BCUT2D eigenvalue weighted by molar-refractivity contribution is -0.129. The van der Waals surface area contributed by atoms with Crippen molar-refractivity contribution in [3.63, 3.8) is 0 Å². The molecular weight excluding hydrogens is 390 g/mol. The number of carbonyl (C=O) groups excluding carboxylic acids is 3. The predicted octanol–water partition coefficient (Wildman–Crippen LogP) is 3.80. The van der Waals surface area contributed by atoms with Crippen LogP contribution in [0, 0.1) is 13.8 Å². The van der Waals surface area contributed by atoms with Crippen molar-refractivity contribution in [2.75, 3.05) is 6.54 Å². The van der Waals surface area contributed by atoms with Crippen molar-refractivity contribution < 1.29 is 14.4 Å². The van der Waals surface area contributed by atoms with Crippen LogP contribution in [0.5, 0.6) is 0 Å². The molecule has 2 aromatic carbocycles. The Morgan fingerprint density at radius 3 is 1.97 bits per heavy atom. The van der Waals surface area contributed by atoms with Gasteiger partial charge in [0.2, 0.25) is 0 Å². The van der Waals surface area contributed by atoms with Crippen molar-refractivity contribution in [3.8, 4) is 0 Å². The van der Waals surface area contributed by atoms with E-state index in [1.165, 1.54) is 0 Å². The first-order valence-corrected chi connectivity index (χ1v) is 10.3. The molecule has 3 aromatic rings. The molecule has 0 bridgehead atoms. The van der Waals surface area contributed by atoms with Gasteiger partial charge in [-0.05, 0) is 38.0 Å². The number of hydrogen-bond donors (Lipinski definition) is 1. The molecule has 1 saturated heterocycles. The second-order valence-corrected chi connectivity index (χ2v) is 7.76. The number of hydrogen-bond acceptors (Lipinski definition) is 3. The maximum Gasteiger partial charge on any atom is 0.325 e. The van der Waals surface area contributed by atoms with Crippen molar-refractivity contribution in [1.29, 1.82) is 0 Å². The molecule has 158 valence electrons. The van der Waals surface area contributed by atoms with Crippen molar-refractivity contribution in [3.05, 3.63) is 94.8 Å². The molecule has 31 heavy (non-hydrogen) atoms. The van der Waals surface area contributed by atoms with E-state index in [9.17, 15) is 14.4 Å². The molecule has 4 rings (SSSR count).